The molecule has 0 atom stereocenters. The van der Waals surface area contributed by atoms with E-state index in [2.05, 4.69) is 11.6 Å². The van der Waals surface area contributed by atoms with E-state index in [1.165, 1.54) is 13.0 Å². The summed E-state index contributed by atoms with van der Waals surface area (Å²) in [7, 11) is -5.26. The monoisotopic (exact) mass is 464 g/mol. The zero-order chi connectivity index (χ0) is 23.1. The van der Waals surface area contributed by atoms with Gasteiger partial charge in [-0.3, -0.25) is 4.99 Å². The molecular weight excluding hydrogens is 445 g/mol. The lowest BCUT2D eigenvalue weighted by Crippen LogP contribution is -2.32. The van der Waals surface area contributed by atoms with Crippen molar-refractivity contribution in [3.8, 4) is 11.8 Å². The van der Waals surface area contributed by atoms with E-state index in [1.54, 1.807) is 6.07 Å². The van der Waals surface area contributed by atoms with Gasteiger partial charge < -0.3 is 9.84 Å². The first-order valence-electron chi connectivity index (χ1n) is 8.69. The number of halogens is 4. The molecule has 0 heterocycles. The molecule has 0 fully saturated rings. The van der Waals surface area contributed by atoms with Crippen LogP contribution in [0.1, 0.15) is 26.7 Å². The van der Waals surface area contributed by atoms with E-state index in [4.69, 9.17) is 21.4 Å². The van der Waals surface area contributed by atoms with Crippen LogP contribution in [0.3, 0.4) is 0 Å². The summed E-state index contributed by atoms with van der Waals surface area (Å²) in [6.07, 6.45) is -1.03. The van der Waals surface area contributed by atoms with E-state index < -0.39 is 50.1 Å². The summed E-state index contributed by atoms with van der Waals surface area (Å²) in [6.45, 7) is 4.81. The number of aliphatic hydroxyl groups excluding tert-OH is 1. The Morgan fingerprint density at radius 3 is 2.47 bits per heavy atom. The molecule has 0 amide bonds. The number of rotatable bonds is 10. The van der Waals surface area contributed by atoms with Gasteiger partial charge in [-0.2, -0.15) is 14.0 Å². The van der Waals surface area contributed by atoms with E-state index >= 15 is 0 Å². The van der Waals surface area contributed by atoms with Gasteiger partial charge in [0.15, 0.2) is 0 Å². The van der Waals surface area contributed by atoms with E-state index in [-0.39, 0.29) is 29.5 Å². The lowest BCUT2D eigenvalue weighted by Gasteiger charge is -2.19. The van der Waals surface area contributed by atoms with Gasteiger partial charge in [-0.05, 0) is 12.1 Å². The summed E-state index contributed by atoms with van der Waals surface area (Å²) >= 11 is 5.77. The van der Waals surface area contributed by atoms with Gasteiger partial charge in [0.25, 0.3) is 0 Å². The Labute approximate surface area is 177 Å². The normalized spacial score (nSPS) is 13.5. The SMILES string of the molecule is C=C(C(=NCCO)/C(C#N)=C(\CC)Oc1cc(F)cc(Cl)c1)S(=O)(=O)C(F)(F)CC. The minimum absolute atomic E-state index is 0.00251. The van der Waals surface area contributed by atoms with Crippen molar-refractivity contribution in [3.63, 3.8) is 0 Å². The minimum Gasteiger partial charge on any atom is -0.460 e. The number of allylic oxidation sites excluding steroid dienone is 3. The molecule has 0 aliphatic rings. The Bertz CT molecular complexity index is 995. The molecule has 0 bridgehead atoms. The molecule has 0 saturated carbocycles. The van der Waals surface area contributed by atoms with Gasteiger partial charge in [0.05, 0.1) is 23.8 Å². The highest BCUT2D eigenvalue weighted by Crippen LogP contribution is 2.33. The number of alkyl halides is 2. The van der Waals surface area contributed by atoms with Crippen molar-refractivity contribution in [1.82, 2.24) is 0 Å². The highest BCUT2D eigenvalue weighted by Gasteiger charge is 2.46. The number of hydrogen-bond acceptors (Lipinski definition) is 6. The van der Waals surface area contributed by atoms with E-state index in [1.807, 2.05) is 0 Å². The van der Waals surface area contributed by atoms with Crippen LogP contribution in [0.4, 0.5) is 13.2 Å². The summed E-state index contributed by atoms with van der Waals surface area (Å²) in [5.74, 6) is -0.999. The number of nitrogens with zero attached hydrogens (tertiary/aromatic N) is 2. The fourth-order valence-electron chi connectivity index (χ4n) is 2.24. The number of aliphatic hydroxyl groups is 1. The molecule has 11 heteroatoms. The van der Waals surface area contributed by atoms with E-state index in [9.17, 15) is 26.9 Å². The van der Waals surface area contributed by atoms with Gasteiger partial charge in [0.2, 0.25) is 9.84 Å². The summed E-state index contributed by atoms with van der Waals surface area (Å²) in [5, 5.41) is 14.5. The first-order chi connectivity index (χ1) is 13.9. The highest BCUT2D eigenvalue weighted by atomic mass is 35.5. The van der Waals surface area contributed by atoms with Crippen LogP contribution in [0.2, 0.25) is 5.02 Å². The summed E-state index contributed by atoms with van der Waals surface area (Å²) in [6, 6.07) is 4.91. The van der Waals surface area contributed by atoms with Crippen LogP contribution in [0.15, 0.2) is 46.0 Å². The van der Waals surface area contributed by atoms with Crippen molar-refractivity contribution in [1.29, 1.82) is 5.26 Å². The highest BCUT2D eigenvalue weighted by molar-refractivity contribution is 7.97. The average molecular weight is 465 g/mol. The zero-order valence-electron chi connectivity index (χ0n) is 16.3. The first kappa shape index (κ1) is 25.7. The molecule has 1 aromatic carbocycles. The number of sulfone groups is 1. The fraction of sp³-hybridized carbons (Fsp3) is 0.368. The maximum absolute atomic E-state index is 14.0. The lowest BCUT2D eigenvalue weighted by atomic mass is 10.1. The van der Waals surface area contributed by atoms with Gasteiger partial charge in [0, 0.05) is 23.9 Å². The first-order valence-corrected chi connectivity index (χ1v) is 10.6. The number of ether oxygens (including phenoxy) is 1. The van der Waals surface area contributed by atoms with Gasteiger partial charge in [-0.25, -0.2) is 12.8 Å². The summed E-state index contributed by atoms with van der Waals surface area (Å²) in [5.41, 5.74) is -1.16. The van der Waals surface area contributed by atoms with Crippen molar-refractivity contribution in [2.45, 2.75) is 31.9 Å². The second-order valence-electron chi connectivity index (χ2n) is 5.84. The van der Waals surface area contributed by atoms with Gasteiger partial charge >= 0.3 is 5.25 Å². The van der Waals surface area contributed by atoms with Gasteiger partial charge in [-0.15, -0.1) is 0 Å². The largest absolute Gasteiger partial charge is 0.460 e. The second-order valence-corrected chi connectivity index (χ2v) is 8.38. The van der Waals surface area contributed by atoms with Crippen molar-refractivity contribution in [3.05, 3.63) is 51.9 Å². The standard InChI is InChI=1S/C19H20ClF3N2O4S/c1-4-17(29-15-9-13(20)8-14(21)10-15)16(11-24)18(25-6-7-26)12(3)30(27,28)19(22,23)5-2/h8-10,26H,3-7H2,1-2H3/b17-16+,25-18?. The van der Waals surface area contributed by atoms with E-state index in [0.29, 0.717) is 0 Å². The molecule has 0 unspecified atom stereocenters. The number of aliphatic imine (C=N–C) groups is 1. The molecule has 6 nitrogen and oxygen atoms in total. The van der Waals surface area contributed by atoms with Crippen LogP contribution in [0.5, 0.6) is 5.75 Å². The third-order valence-corrected chi connectivity index (χ3v) is 5.92. The van der Waals surface area contributed by atoms with Crippen molar-refractivity contribution < 1.29 is 31.4 Å². The molecule has 164 valence electrons. The molecule has 1 rings (SSSR count). The Kier molecular flexibility index (Phi) is 9.09. The van der Waals surface area contributed by atoms with E-state index in [0.717, 1.165) is 19.1 Å². The van der Waals surface area contributed by atoms with Crippen LogP contribution in [-0.2, 0) is 9.84 Å². The molecule has 1 N–H and O–H groups in total. The minimum atomic E-state index is -5.26. The zero-order valence-corrected chi connectivity index (χ0v) is 17.8. The topological polar surface area (TPSA) is 99.8 Å². The predicted molar refractivity (Wildman–Crippen MR) is 108 cm³/mol. The quantitative estimate of drug-likeness (QED) is 0.314. The van der Waals surface area contributed by atoms with Crippen molar-refractivity contribution in [2.75, 3.05) is 13.2 Å². The van der Waals surface area contributed by atoms with Crippen LogP contribution in [0, 0.1) is 17.1 Å². The summed E-state index contributed by atoms with van der Waals surface area (Å²) in [4.78, 5) is 2.68. The molecule has 0 saturated heterocycles. The maximum Gasteiger partial charge on any atom is 0.349 e. The van der Waals surface area contributed by atoms with Crippen LogP contribution in [0.25, 0.3) is 0 Å². The molecule has 1 aromatic rings. The molecule has 30 heavy (non-hydrogen) atoms. The van der Waals surface area contributed by atoms with Crippen LogP contribution in [-0.4, -0.2) is 37.6 Å². The molecule has 0 aliphatic carbocycles. The fourth-order valence-corrected chi connectivity index (χ4v) is 3.62. The predicted octanol–water partition coefficient (Wildman–Crippen LogP) is 4.41. The number of benzene rings is 1. The third-order valence-electron chi connectivity index (χ3n) is 3.79. The number of nitriles is 1. The smallest absolute Gasteiger partial charge is 0.349 e. The number of hydrogen-bond donors (Lipinski definition) is 1. The Hall–Kier alpha value is -2.35. The van der Waals surface area contributed by atoms with Crippen LogP contribution < -0.4 is 4.74 Å². The third kappa shape index (κ3) is 5.84. The average Bonchev–Trinajstić information content (AvgIpc) is 2.68. The van der Waals surface area contributed by atoms with Gasteiger partial charge in [-0.1, -0.05) is 32.0 Å². The molecule has 0 radical (unpaired) electrons. The van der Waals surface area contributed by atoms with Gasteiger partial charge in [0.1, 0.15) is 29.0 Å². The van der Waals surface area contributed by atoms with Crippen LogP contribution >= 0.6 is 11.6 Å². The lowest BCUT2D eigenvalue weighted by molar-refractivity contribution is 0.0892. The Balaban J connectivity index is 3.62. The van der Waals surface area contributed by atoms with Crippen molar-refractivity contribution >= 4 is 27.1 Å². The molecule has 0 aromatic heterocycles. The molecular formula is C19H20ClF3N2O4S. The van der Waals surface area contributed by atoms with Crippen molar-refractivity contribution in [2.24, 2.45) is 4.99 Å². The molecule has 0 spiro atoms. The Morgan fingerprint density at radius 2 is 2.00 bits per heavy atom. The molecule has 0 aliphatic heterocycles. The summed E-state index contributed by atoms with van der Waals surface area (Å²) < 4.78 is 71.7. The second kappa shape index (κ2) is 10.6. The Morgan fingerprint density at radius 1 is 1.37 bits per heavy atom. The maximum atomic E-state index is 14.0.